The molecule has 4 rings (SSSR count). The number of allylic oxidation sites excluding steroid dienone is 2. The zero-order valence-corrected chi connectivity index (χ0v) is 13.0. The molecule has 0 radical (unpaired) electrons. The van der Waals surface area contributed by atoms with Crippen LogP contribution in [-0.4, -0.2) is 6.54 Å². The van der Waals surface area contributed by atoms with E-state index in [9.17, 15) is 0 Å². The standard InChI is InChI=1S/C18H19N5/c19-6-15(7-20)18(16(8-21)9-22)23-10-17-13-2-11-1-12(4-13)5-14(17)3-11/h11-15,17,23H,1-5,10H2. The molecule has 4 fully saturated rings. The maximum Gasteiger partial charge on any atom is 0.174 e. The van der Waals surface area contributed by atoms with Crippen LogP contribution in [0.2, 0.25) is 0 Å². The molecule has 0 spiro atoms. The van der Waals surface area contributed by atoms with Crippen molar-refractivity contribution >= 4 is 0 Å². The first-order valence-electron chi connectivity index (χ1n) is 8.27. The molecule has 5 heteroatoms. The van der Waals surface area contributed by atoms with Gasteiger partial charge in [-0.25, -0.2) is 0 Å². The number of nitriles is 4. The van der Waals surface area contributed by atoms with Gasteiger partial charge in [-0.1, -0.05) is 0 Å². The molecule has 0 amide bonds. The minimum absolute atomic E-state index is 0.151. The van der Waals surface area contributed by atoms with Gasteiger partial charge in [0.05, 0.1) is 17.8 Å². The largest absolute Gasteiger partial charge is 0.384 e. The van der Waals surface area contributed by atoms with Crippen molar-refractivity contribution in [1.29, 1.82) is 21.0 Å². The van der Waals surface area contributed by atoms with Gasteiger partial charge in [0, 0.05) is 6.54 Å². The second-order valence-corrected chi connectivity index (χ2v) is 7.18. The fourth-order valence-corrected chi connectivity index (χ4v) is 5.24. The SMILES string of the molecule is N#CC(C#N)=C(NCC1C2CC3CC(C2)CC1C3)C(C#N)C#N. The average Bonchev–Trinajstić information content (AvgIpc) is 2.55. The van der Waals surface area contributed by atoms with E-state index < -0.39 is 5.92 Å². The summed E-state index contributed by atoms with van der Waals surface area (Å²) in [5.41, 5.74) is 0.0377. The molecule has 0 aliphatic heterocycles. The lowest BCUT2D eigenvalue weighted by molar-refractivity contribution is -0.0347. The highest BCUT2D eigenvalue weighted by Gasteiger charge is 2.47. The van der Waals surface area contributed by atoms with E-state index in [1.54, 1.807) is 12.1 Å². The Kier molecular flexibility index (Phi) is 4.23. The molecule has 0 saturated heterocycles. The zero-order chi connectivity index (χ0) is 16.4. The molecule has 4 saturated carbocycles. The third-order valence-electron chi connectivity index (χ3n) is 5.99. The summed E-state index contributed by atoms with van der Waals surface area (Å²) in [6.07, 6.45) is 6.57. The van der Waals surface area contributed by atoms with E-state index in [-0.39, 0.29) is 11.3 Å². The maximum atomic E-state index is 9.11. The van der Waals surface area contributed by atoms with Crippen molar-refractivity contribution in [3.63, 3.8) is 0 Å². The molecular formula is C18H19N5. The van der Waals surface area contributed by atoms with Crippen molar-refractivity contribution in [1.82, 2.24) is 5.32 Å². The summed E-state index contributed by atoms with van der Waals surface area (Å²) in [5, 5.41) is 39.5. The van der Waals surface area contributed by atoms with Gasteiger partial charge in [0.2, 0.25) is 0 Å². The summed E-state index contributed by atoms with van der Waals surface area (Å²) in [5.74, 6) is 2.67. The molecule has 1 N–H and O–H groups in total. The first kappa shape index (κ1) is 15.4. The molecule has 4 aliphatic carbocycles. The number of hydrogen-bond donors (Lipinski definition) is 1. The number of rotatable bonds is 4. The summed E-state index contributed by atoms with van der Waals surface area (Å²) in [4.78, 5) is 0. The Balaban J connectivity index is 1.74. The van der Waals surface area contributed by atoms with Crippen LogP contribution in [0.15, 0.2) is 11.3 Å². The first-order valence-corrected chi connectivity index (χ1v) is 8.27. The topological polar surface area (TPSA) is 107 Å². The lowest BCUT2D eigenvalue weighted by atomic mass is 9.52. The van der Waals surface area contributed by atoms with E-state index in [1.165, 1.54) is 32.1 Å². The van der Waals surface area contributed by atoms with Gasteiger partial charge >= 0.3 is 0 Å². The molecule has 4 aliphatic rings. The molecule has 0 aromatic heterocycles. The van der Waals surface area contributed by atoms with Crippen molar-refractivity contribution in [2.75, 3.05) is 6.54 Å². The zero-order valence-electron chi connectivity index (χ0n) is 13.0. The van der Waals surface area contributed by atoms with Crippen LogP contribution in [0, 0.1) is 80.8 Å². The molecule has 0 atom stereocenters. The van der Waals surface area contributed by atoms with Crippen molar-refractivity contribution in [3.05, 3.63) is 11.3 Å². The summed E-state index contributed by atoms with van der Waals surface area (Å²) in [6, 6.07) is 7.35. The Morgan fingerprint density at radius 2 is 1.39 bits per heavy atom. The minimum atomic E-state index is -1.08. The van der Waals surface area contributed by atoms with Crippen LogP contribution >= 0.6 is 0 Å². The number of hydrogen-bond acceptors (Lipinski definition) is 5. The molecular weight excluding hydrogens is 286 g/mol. The highest BCUT2D eigenvalue weighted by atomic mass is 14.9. The van der Waals surface area contributed by atoms with Gasteiger partial charge in [0.15, 0.2) is 11.5 Å². The summed E-state index contributed by atoms with van der Waals surface area (Å²) in [7, 11) is 0. The second kappa shape index (κ2) is 6.32. The third-order valence-corrected chi connectivity index (χ3v) is 5.99. The maximum absolute atomic E-state index is 9.11. The van der Waals surface area contributed by atoms with Gasteiger partial charge in [-0.3, -0.25) is 0 Å². The molecule has 0 unspecified atom stereocenters. The lowest BCUT2D eigenvalue weighted by Crippen LogP contribution is -2.48. The second-order valence-electron chi connectivity index (χ2n) is 7.18. The Hall–Kier alpha value is -2.50. The van der Waals surface area contributed by atoms with E-state index in [4.69, 9.17) is 21.0 Å². The predicted octanol–water partition coefficient (Wildman–Crippen LogP) is 2.61. The molecule has 0 aromatic rings. The Morgan fingerprint density at radius 1 is 0.870 bits per heavy atom. The minimum Gasteiger partial charge on any atom is -0.384 e. The number of nitrogens with zero attached hydrogens (tertiary/aromatic N) is 4. The van der Waals surface area contributed by atoms with Gasteiger partial charge < -0.3 is 5.32 Å². The fraction of sp³-hybridized carbons (Fsp3) is 0.667. The van der Waals surface area contributed by atoms with Gasteiger partial charge in [0.25, 0.3) is 0 Å². The highest BCUT2D eigenvalue weighted by Crippen LogP contribution is 2.56. The molecule has 4 bridgehead atoms. The highest BCUT2D eigenvalue weighted by molar-refractivity contribution is 5.43. The van der Waals surface area contributed by atoms with Crippen molar-refractivity contribution in [3.8, 4) is 24.3 Å². The quantitative estimate of drug-likeness (QED) is 0.803. The van der Waals surface area contributed by atoms with Gasteiger partial charge in [-0.05, 0) is 61.7 Å². The van der Waals surface area contributed by atoms with E-state index >= 15 is 0 Å². The predicted molar refractivity (Wildman–Crippen MR) is 81.5 cm³/mol. The van der Waals surface area contributed by atoms with Gasteiger partial charge in [-0.15, -0.1) is 0 Å². The van der Waals surface area contributed by atoms with Crippen molar-refractivity contribution in [2.24, 2.45) is 35.5 Å². The molecule has 116 valence electrons. The van der Waals surface area contributed by atoms with E-state index in [2.05, 4.69) is 5.32 Å². The Bertz CT molecular complexity index is 620. The van der Waals surface area contributed by atoms with Crippen LogP contribution in [0.4, 0.5) is 0 Å². The Labute approximate surface area is 136 Å². The average molecular weight is 305 g/mol. The van der Waals surface area contributed by atoms with Crippen molar-refractivity contribution in [2.45, 2.75) is 32.1 Å². The summed E-state index contributed by atoms with van der Waals surface area (Å²) in [6.45, 7) is 0.664. The van der Waals surface area contributed by atoms with E-state index in [0.29, 0.717) is 12.5 Å². The van der Waals surface area contributed by atoms with Crippen LogP contribution in [0.1, 0.15) is 32.1 Å². The Morgan fingerprint density at radius 3 is 1.83 bits per heavy atom. The monoisotopic (exact) mass is 305 g/mol. The van der Waals surface area contributed by atoms with Gasteiger partial charge in [-0.2, -0.15) is 21.0 Å². The molecule has 23 heavy (non-hydrogen) atoms. The van der Waals surface area contributed by atoms with Crippen LogP contribution < -0.4 is 5.32 Å². The summed E-state index contributed by atoms with van der Waals surface area (Å²) < 4.78 is 0. The smallest absolute Gasteiger partial charge is 0.174 e. The van der Waals surface area contributed by atoms with Crippen LogP contribution in [-0.2, 0) is 0 Å². The van der Waals surface area contributed by atoms with Crippen molar-refractivity contribution < 1.29 is 0 Å². The normalized spacial score (nSPS) is 33.2. The molecule has 0 aromatic carbocycles. The first-order chi connectivity index (χ1) is 11.2. The van der Waals surface area contributed by atoms with E-state index in [1.807, 2.05) is 12.1 Å². The third kappa shape index (κ3) is 2.76. The fourth-order valence-electron chi connectivity index (χ4n) is 5.24. The van der Waals surface area contributed by atoms with E-state index in [0.717, 1.165) is 23.7 Å². The summed E-state index contributed by atoms with van der Waals surface area (Å²) >= 11 is 0. The van der Waals surface area contributed by atoms with Crippen LogP contribution in [0.25, 0.3) is 0 Å². The lowest BCUT2D eigenvalue weighted by Gasteiger charge is -2.54. The van der Waals surface area contributed by atoms with Crippen LogP contribution in [0.3, 0.4) is 0 Å². The molecule has 0 heterocycles. The number of nitrogens with one attached hydrogen (secondary N) is 1. The molecule has 5 nitrogen and oxygen atoms in total. The van der Waals surface area contributed by atoms with Gasteiger partial charge in [0.1, 0.15) is 12.1 Å². The van der Waals surface area contributed by atoms with Crippen LogP contribution in [0.5, 0.6) is 0 Å².